The molecule has 48 heavy (non-hydrogen) atoms. The molecule has 0 fully saturated rings. The summed E-state index contributed by atoms with van der Waals surface area (Å²) < 4.78 is 2.18. The number of benzene rings is 5. The Morgan fingerprint density at radius 1 is 0.604 bits per heavy atom. The quantitative estimate of drug-likeness (QED) is 0.120. The molecule has 1 aliphatic carbocycles. The fraction of sp³-hybridized carbons (Fsp3) is 0.0286. The number of nitro groups is 4. The van der Waals surface area contributed by atoms with E-state index in [-0.39, 0.29) is 27.8 Å². The minimum absolute atomic E-state index is 0.0180. The number of nitrogens with zero attached hydrogens (tertiary/aromatic N) is 5. The first kappa shape index (κ1) is 29.7. The standard InChI is InChI=1S/C35H21N5O8/c41-37(42)23-16-27-25(28-17-24(38(43)44)19-32(40(47)48)35(28)34(27)31(18-23)39(45)46)12-4-5-14-29-26-13-6-10-22-11-7-15-30(33(22)26)36(29)20-21-8-2-1-3-9-21/h1-19H,20H2/b5-4+,29-14+. The van der Waals surface area contributed by atoms with Crippen molar-refractivity contribution in [3.8, 4) is 11.1 Å². The zero-order chi connectivity index (χ0) is 33.7. The lowest BCUT2D eigenvalue weighted by Crippen LogP contribution is -2.16. The van der Waals surface area contributed by atoms with Crippen LogP contribution in [0.3, 0.4) is 0 Å². The van der Waals surface area contributed by atoms with Crippen molar-refractivity contribution in [2.24, 2.45) is 0 Å². The van der Waals surface area contributed by atoms with Gasteiger partial charge >= 0.3 is 0 Å². The number of hydrogen-bond acceptors (Lipinski definition) is 8. The van der Waals surface area contributed by atoms with E-state index in [4.69, 9.17) is 0 Å². The molecule has 13 heteroatoms. The van der Waals surface area contributed by atoms with Crippen LogP contribution in [0.1, 0.15) is 16.7 Å². The first-order chi connectivity index (χ1) is 23.1. The second-order valence-electron chi connectivity index (χ2n) is 11.1. The van der Waals surface area contributed by atoms with Gasteiger partial charge in [0.05, 0.1) is 48.5 Å². The summed E-state index contributed by atoms with van der Waals surface area (Å²) in [6.07, 6.45) is 6.70. The first-order valence-electron chi connectivity index (χ1n) is 14.5. The Morgan fingerprint density at radius 2 is 1.17 bits per heavy atom. The summed E-state index contributed by atoms with van der Waals surface area (Å²) in [5, 5.41) is 51.8. The zero-order valence-corrected chi connectivity index (χ0v) is 24.7. The summed E-state index contributed by atoms with van der Waals surface area (Å²) in [6.45, 7) is 0.580. The number of nitro benzene ring substituents is 4. The van der Waals surface area contributed by atoms with E-state index in [1.807, 2.05) is 72.8 Å². The maximum Gasteiger partial charge on any atom is 0.284 e. The lowest BCUT2D eigenvalue weighted by Gasteiger charge is -2.07. The van der Waals surface area contributed by atoms with Crippen LogP contribution in [0.15, 0.2) is 109 Å². The smallest absolute Gasteiger partial charge is 0.284 e. The molecule has 234 valence electrons. The van der Waals surface area contributed by atoms with Gasteiger partial charge in [0.25, 0.3) is 22.7 Å². The van der Waals surface area contributed by atoms with E-state index < -0.39 is 42.4 Å². The highest BCUT2D eigenvalue weighted by molar-refractivity contribution is 6.10. The van der Waals surface area contributed by atoms with Crippen LogP contribution >= 0.6 is 0 Å². The number of rotatable bonds is 8. The van der Waals surface area contributed by atoms with E-state index >= 15 is 0 Å². The molecule has 0 bridgehead atoms. The minimum atomic E-state index is -0.858. The second-order valence-corrected chi connectivity index (χ2v) is 11.1. The van der Waals surface area contributed by atoms with E-state index in [1.165, 1.54) is 6.08 Å². The molecule has 0 amide bonds. The van der Waals surface area contributed by atoms with Crippen molar-refractivity contribution in [1.29, 1.82) is 0 Å². The summed E-state index contributed by atoms with van der Waals surface area (Å²) in [5.74, 6) is 0. The number of hydrogen-bond donors (Lipinski definition) is 0. The Balaban J connectivity index is 1.45. The van der Waals surface area contributed by atoms with Crippen molar-refractivity contribution in [1.82, 2.24) is 4.57 Å². The molecule has 0 spiro atoms. The highest BCUT2D eigenvalue weighted by atomic mass is 16.6. The molecule has 0 unspecified atom stereocenters. The van der Waals surface area contributed by atoms with Crippen molar-refractivity contribution in [3.05, 3.63) is 172 Å². The molecule has 13 nitrogen and oxygen atoms in total. The Labute approximate surface area is 269 Å². The highest BCUT2D eigenvalue weighted by Crippen LogP contribution is 2.54. The fourth-order valence-corrected chi connectivity index (χ4v) is 6.45. The van der Waals surface area contributed by atoms with Crippen LogP contribution in [0.25, 0.3) is 44.5 Å². The molecule has 0 N–H and O–H groups in total. The number of allylic oxidation sites excluding steroid dienone is 3. The average molecular weight is 640 g/mol. The molecule has 5 aromatic carbocycles. The topological polar surface area (TPSA) is 177 Å². The third kappa shape index (κ3) is 4.82. The van der Waals surface area contributed by atoms with Crippen LogP contribution in [0.5, 0.6) is 0 Å². The predicted octanol–water partition coefficient (Wildman–Crippen LogP) is 7.64. The van der Waals surface area contributed by atoms with E-state index in [2.05, 4.69) is 4.57 Å². The number of aromatic nitrogens is 1. The molecular formula is C35H21N5O8. The summed E-state index contributed by atoms with van der Waals surface area (Å²) in [5.41, 5.74) is -0.864. The summed E-state index contributed by atoms with van der Waals surface area (Å²) >= 11 is 0. The molecule has 0 radical (unpaired) electrons. The third-order valence-corrected chi connectivity index (χ3v) is 8.40. The summed E-state index contributed by atoms with van der Waals surface area (Å²) in [7, 11) is 0. The maximum absolute atomic E-state index is 12.1. The predicted molar refractivity (Wildman–Crippen MR) is 179 cm³/mol. The largest absolute Gasteiger partial charge is 0.336 e. The summed E-state index contributed by atoms with van der Waals surface area (Å²) in [6, 6.07) is 25.7. The Morgan fingerprint density at radius 3 is 1.73 bits per heavy atom. The molecule has 1 aromatic heterocycles. The van der Waals surface area contributed by atoms with Gasteiger partial charge in [0.1, 0.15) is 0 Å². The van der Waals surface area contributed by atoms with Crippen molar-refractivity contribution < 1.29 is 19.7 Å². The average Bonchev–Trinajstić information content (AvgIpc) is 3.55. The van der Waals surface area contributed by atoms with Crippen molar-refractivity contribution in [2.45, 2.75) is 6.54 Å². The van der Waals surface area contributed by atoms with Crippen molar-refractivity contribution >= 4 is 56.1 Å². The van der Waals surface area contributed by atoms with Crippen LogP contribution in [0.4, 0.5) is 22.7 Å². The van der Waals surface area contributed by atoms with E-state index in [0.29, 0.717) is 6.54 Å². The first-order valence-corrected chi connectivity index (χ1v) is 14.5. The van der Waals surface area contributed by atoms with Crippen LogP contribution in [0.2, 0.25) is 0 Å². The Bertz CT molecular complexity index is 2410. The van der Waals surface area contributed by atoms with Crippen molar-refractivity contribution in [2.75, 3.05) is 0 Å². The third-order valence-electron chi connectivity index (χ3n) is 8.40. The molecule has 1 aliphatic rings. The normalized spacial score (nSPS) is 12.5. The van der Waals surface area contributed by atoms with Crippen LogP contribution < -0.4 is 5.35 Å². The van der Waals surface area contributed by atoms with Gasteiger partial charge in [-0.2, -0.15) is 0 Å². The van der Waals surface area contributed by atoms with Gasteiger partial charge in [-0.05, 0) is 28.7 Å². The molecule has 0 atom stereocenters. The van der Waals surface area contributed by atoms with Gasteiger partial charge in [-0.1, -0.05) is 78.9 Å². The van der Waals surface area contributed by atoms with Gasteiger partial charge in [0.15, 0.2) is 0 Å². The van der Waals surface area contributed by atoms with Gasteiger partial charge in [0, 0.05) is 45.9 Å². The lowest BCUT2D eigenvalue weighted by molar-refractivity contribution is -0.395. The number of fused-ring (bicyclic) bond motifs is 3. The van der Waals surface area contributed by atoms with Crippen molar-refractivity contribution in [3.63, 3.8) is 0 Å². The van der Waals surface area contributed by atoms with E-state index in [9.17, 15) is 40.5 Å². The van der Waals surface area contributed by atoms with Crippen LogP contribution in [0, 0.1) is 40.5 Å². The Kier molecular flexibility index (Phi) is 7.05. The highest BCUT2D eigenvalue weighted by Gasteiger charge is 2.40. The SMILES string of the molecule is O=[N+]([O-])c1cc2c(c([N+](=O)[O-])c1)-c1c(cc([N+](=O)[O-])cc1[N+](=O)[O-])C2=C/C=C/C=c1\c2cccc3cccc(c32)n1Cc1ccccc1. The summed E-state index contributed by atoms with van der Waals surface area (Å²) in [4.78, 5) is 44.4. The molecule has 0 saturated carbocycles. The Hall–Kier alpha value is -7.02. The molecule has 1 heterocycles. The number of non-ortho nitro benzene ring substituents is 2. The van der Waals surface area contributed by atoms with Gasteiger partial charge in [-0.25, -0.2) is 0 Å². The zero-order valence-electron chi connectivity index (χ0n) is 24.7. The molecular weight excluding hydrogens is 618 g/mol. The molecule has 7 rings (SSSR count). The monoisotopic (exact) mass is 639 g/mol. The molecule has 0 saturated heterocycles. The van der Waals surface area contributed by atoms with E-state index in [1.54, 1.807) is 12.2 Å². The van der Waals surface area contributed by atoms with Crippen LogP contribution in [-0.4, -0.2) is 24.3 Å². The van der Waals surface area contributed by atoms with Gasteiger partial charge in [0.2, 0.25) is 0 Å². The lowest BCUT2D eigenvalue weighted by atomic mass is 10.0. The fourth-order valence-electron chi connectivity index (χ4n) is 6.45. The van der Waals surface area contributed by atoms with Gasteiger partial charge in [-0.3, -0.25) is 40.5 Å². The maximum atomic E-state index is 12.1. The molecule has 0 aliphatic heterocycles. The second kappa shape index (κ2) is 11.4. The van der Waals surface area contributed by atoms with E-state index in [0.717, 1.165) is 56.9 Å². The minimum Gasteiger partial charge on any atom is -0.336 e. The van der Waals surface area contributed by atoms with Gasteiger partial charge in [-0.15, -0.1) is 0 Å². The van der Waals surface area contributed by atoms with Gasteiger partial charge < -0.3 is 4.57 Å². The molecule has 6 aromatic rings. The van der Waals surface area contributed by atoms with Crippen LogP contribution in [-0.2, 0) is 6.54 Å².